The molecule has 1 heterocycles. The number of fused-ring (bicyclic) bond motifs is 1. The van der Waals surface area contributed by atoms with Crippen molar-refractivity contribution in [2.24, 2.45) is 5.92 Å². The molecule has 0 saturated heterocycles. The molecule has 1 aromatic rings. The van der Waals surface area contributed by atoms with Gasteiger partial charge < -0.3 is 5.32 Å². The molecule has 2 aliphatic rings. The van der Waals surface area contributed by atoms with Gasteiger partial charge in [0.15, 0.2) is 0 Å². The first kappa shape index (κ1) is 11.3. The van der Waals surface area contributed by atoms with Crippen LogP contribution in [0.25, 0.3) is 5.57 Å². The number of anilines is 1. The molecule has 3 rings (SSSR count). The van der Waals surface area contributed by atoms with Crippen LogP contribution in [0.15, 0.2) is 6.58 Å². The Bertz CT molecular complexity index is 440. The molecule has 1 saturated carbocycles. The van der Waals surface area contributed by atoms with Crippen LogP contribution in [0.1, 0.15) is 48.6 Å². The molecule has 0 radical (unpaired) electrons. The summed E-state index contributed by atoms with van der Waals surface area (Å²) in [4.78, 5) is 1.62. The number of hydrogen-bond donors (Lipinski definition) is 1. The molecule has 1 N–H and O–H groups in total. The van der Waals surface area contributed by atoms with Gasteiger partial charge in [-0.1, -0.05) is 6.58 Å². The van der Waals surface area contributed by atoms with E-state index in [0.717, 1.165) is 5.92 Å². The second kappa shape index (κ2) is 4.49. The highest BCUT2D eigenvalue weighted by atomic mass is 32.1. The van der Waals surface area contributed by atoms with E-state index in [1.54, 1.807) is 10.4 Å². The number of hydrogen-bond acceptors (Lipinski definition) is 2. The van der Waals surface area contributed by atoms with Crippen molar-refractivity contribution in [1.29, 1.82) is 0 Å². The highest BCUT2D eigenvalue weighted by Crippen LogP contribution is 2.42. The quantitative estimate of drug-likeness (QED) is 0.827. The van der Waals surface area contributed by atoms with Crippen LogP contribution >= 0.6 is 11.3 Å². The molecular weight excluding hydrogens is 226 g/mol. The molecule has 0 bridgehead atoms. The summed E-state index contributed by atoms with van der Waals surface area (Å²) in [5, 5.41) is 5.07. The standard InChI is InChI=1S/C15H21NS/c1-10(2)14-12-5-3-4-6-13(12)17-15(14)16-9-11-7-8-11/h11,16H,1,3-9H2,2H3. The van der Waals surface area contributed by atoms with Crippen molar-refractivity contribution in [3.63, 3.8) is 0 Å². The average molecular weight is 247 g/mol. The Kier molecular flexibility index (Phi) is 2.99. The van der Waals surface area contributed by atoms with Gasteiger partial charge in [0.25, 0.3) is 0 Å². The molecule has 2 aliphatic carbocycles. The fourth-order valence-electron chi connectivity index (χ4n) is 2.70. The van der Waals surface area contributed by atoms with Crippen LogP contribution < -0.4 is 5.32 Å². The maximum Gasteiger partial charge on any atom is 0.0964 e. The van der Waals surface area contributed by atoms with Crippen LogP contribution in [0.4, 0.5) is 5.00 Å². The van der Waals surface area contributed by atoms with Crippen molar-refractivity contribution in [3.05, 3.63) is 22.6 Å². The Labute approximate surface area is 108 Å². The van der Waals surface area contributed by atoms with Crippen molar-refractivity contribution >= 4 is 21.9 Å². The van der Waals surface area contributed by atoms with E-state index < -0.39 is 0 Å². The number of allylic oxidation sites excluding steroid dienone is 1. The molecule has 2 heteroatoms. The Morgan fingerprint density at radius 3 is 2.82 bits per heavy atom. The minimum absolute atomic E-state index is 0.937. The summed E-state index contributed by atoms with van der Waals surface area (Å²) in [6, 6.07) is 0. The molecule has 0 unspecified atom stereocenters. The predicted octanol–water partition coefficient (Wildman–Crippen LogP) is 4.48. The van der Waals surface area contributed by atoms with Gasteiger partial charge in [-0.2, -0.15) is 0 Å². The third-order valence-electron chi connectivity index (χ3n) is 3.85. The van der Waals surface area contributed by atoms with Gasteiger partial charge in [-0.05, 0) is 62.5 Å². The molecule has 0 amide bonds. The van der Waals surface area contributed by atoms with Gasteiger partial charge in [-0.25, -0.2) is 0 Å². The summed E-state index contributed by atoms with van der Waals surface area (Å²) in [6.07, 6.45) is 8.10. The van der Waals surface area contributed by atoms with Crippen molar-refractivity contribution < 1.29 is 0 Å². The summed E-state index contributed by atoms with van der Waals surface area (Å²) < 4.78 is 0. The molecule has 1 fully saturated rings. The van der Waals surface area contributed by atoms with Crippen LogP contribution in [0.3, 0.4) is 0 Å². The lowest BCUT2D eigenvalue weighted by molar-refractivity contribution is 0.696. The summed E-state index contributed by atoms with van der Waals surface area (Å²) in [5.74, 6) is 0.937. The first-order chi connectivity index (χ1) is 8.25. The molecule has 1 aromatic heterocycles. The van der Waals surface area contributed by atoms with Crippen LogP contribution in [0.5, 0.6) is 0 Å². The average Bonchev–Trinajstić information content (AvgIpc) is 3.05. The lowest BCUT2D eigenvalue weighted by Crippen LogP contribution is -2.04. The van der Waals surface area contributed by atoms with Gasteiger partial charge in [0.1, 0.15) is 0 Å². The third-order valence-corrected chi connectivity index (χ3v) is 5.10. The van der Waals surface area contributed by atoms with E-state index in [0.29, 0.717) is 0 Å². The minimum Gasteiger partial charge on any atom is -0.376 e. The summed E-state index contributed by atoms with van der Waals surface area (Å²) in [6.45, 7) is 7.49. The normalized spacial score (nSPS) is 18.9. The maximum absolute atomic E-state index is 4.18. The largest absolute Gasteiger partial charge is 0.376 e. The fourth-order valence-corrected chi connectivity index (χ4v) is 4.08. The highest BCUT2D eigenvalue weighted by Gasteiger charge is 2.24. The summed E-state index contributed by atoms with van der Waals surface area (Å²) in [5.41, 5.74) is 4.29. The van der Waals surface area contributed by atoms with Crippen LogP contribution in [-0.4, -0.2) is 6.54 Å². The van der Waals surface area contributed by atoms with E-state index in [1.165, 1.54) is 61.2 Å². The zero-order valence-corrected chi connectivity index (χ0v) is 11.5. The first-order valence-electron chi connectivity index (χ1n) is 6.80. The number of thiophene rings is 1. The predicted molar refractivity (Wildman–Crippen MR) is 76.9 cm³/mol. The van der Waals surface area contributed by atoms with Crippen molar-refractivity contribution in [3.8, 4) is 0 Å². The number of nitrogens with one attached hydrogen (secondary N) is 1. The van der Waals surface area contributed by atoms with E-state index in [-0.39, 0.29) is 0 Å². The fraction of sp³-hybridized carbons (Fsp3) is 0.600. The lowest BCUT2D eigenvalue weighted by Gasteiger charge is -2.13. The molecule has 1 nitrogen and oxygen atoms in total. The molecule has 0 aliphatic heterocycles. The van der Waals surface area contributed by atoms with Crippen LogP contribution in [0, 0.1) is 5.92 Å². The summed E-state index contributed by atoms with van der Waals surface area (Å²) >= 11 is 1.99. The SMILES string of the molecule is C=C(C)c1c(NCC2CC2)sc2c1CCCC2. The van der Waals surface area contributed by atoms with Gasteiger partial charge in [-0.15, -0.1) is 11.3 Å². The third kappa shape index (κ3) is 2.28. The van der Waals surface area contributed by atoms with Gasteiger partial charge >= 0.3 is 0 Å². The highest BCUT2D eigenvalue weighted by molar-refractivity contribution is 7.16. The zero-order valence-electron chi connectivity index (χ0n) is 10.6. The van der Waals surface area contributed by atoms with Crippen molar-refractivity contribution in [1.82, 2.24) is 0 Å². The number of aryl methyl sites for hydroxylation is 1. The maximum atomic E-state index is 4.18. The Morgan fingerprint density at radius 2 is 2.12 bits per heavy atom. The molecule has 0 aromatic carbocycles. The van der Waals surface area contributed by atoms with E-state index in [4.69, 9.17) is 0 Å². The smallest absolute Gasteiger partial charge is 0.0964 e. The molecule has 17 heavy (non-hydrogen) atoms. The van der Waals surface area contributed by atoms with E-state index in [9.17, 15) is 0 Å². The Balaban J connectivity index is 1.88. The van der Waals surface area contributed by atoms with Gasteiger partial charge in [0.05, 0.1) is 5.00 Å². The lowest BCUT2D eigenvalue weighted by atomic mass is 9.93. The topological polar surface area (TPSA) is 12.0 Å². The van der Waals surface area contributed by atoms with Gasteiger partial charge in [0.2, 0.25) is 0 Å². The van der Waals surface area contributed by atoms with Gasteiger partial charge in [-0.3, -0.25) is 0 Å². The van der Waals surface area contributed by atoms with E-state index in [2.05, 4.69) is 18.8 Å². The monoisotopic (exact) mass is 247 g/mol. The zero-order chi connectivity index (χ0) is 11.8. The van der Waals surface area contributed by atoms with Crippen molar-refractivity contribution in [2.45, 2.75) is 45.4 Å². The Morgan fingerprint density at radius 1 is 1.35 bits per heavy atom. The first-order valence-corrected chi connectivity index (χ1v) is 7.61. The second-order valence-electron chi connectivity index (χ2n) is 5.52. The van der Waals surface area contributed by atoms with Crippen LogP contribution in [0.2, 0.25) is 0 Å². The summed E-state index contributed by atoms with van der Waals surface area (Å²) in [7, 11) is 0. The minimum atomic E-state index is 0.937. The van der Waals surface area contributed by atoms with Crippen LogP contribution in [-0.2, 0) is 12.8 Å². The second-order valence-corrected chi connectivity index (χ2v) is 6.62. The number of rotatable bonds is 4. The molecule has 0 atom stereocenters. The molecule has 0 spiro atoms. The van der Waals surface area contributed by atoms with Gasteiger partial charge in [0, 0.05) is 17.0 Å². The van der Waals surface area contributed by atoms with E-state index in [1.807, 2.05) is 11.3 Å². The Hall–Kier alpha value is -0.760. The molecular formula is C15H21NS. The van der Waals surface area contributed by atoms with Crippen molar-refractivity contribution in [2.75, 3.05) is 11.9 Å². The molecule has 92 valence electrons. The van der Waals surface area contributed by atoms with E-state index >= 15 is 0 Å².